The van der Waals surface area contributed by atoms with Gasteiger partial charge in [-0.3, -0.25) is 4.57 Å². The van der Waals surface area contributed by atoms with Crippen LogP contribution in [0.5, 0.6) is 0 Å². The molecule has 0 N–H and O–H groups in total. The van der Waals surface area contributed by atoms with E-state index >= 15 is 0 Å². The van der Waals surface area contributed by atoms with Crippen LogP contribution in [0.1, 0.15) is 13.8 Å². The van der Waals surface area contributed by atoms with E-state index < -0.39 is 21.9 Å². The van der Waals surface area contributed by atoms with Crippen molar-refractivity contribution in [2.75, 3.05) is 19.5 Å². The lowest BCUT2D eigenvalue weighted by atomic mass is 10.9. The minimum atomic E-state index is -3.75. The quantitative estimate of drug-likeness (QED) is 0.541. The summed E-state index contributed by atoms with van der Waals surface area (Å²) >= 11 is 5.52. The molecule has 86 valence electrons. The Morgan fingerprint density at radius 1 is 1.29 bits per heavy atom. The Labute approximate surface area is 89.2 Å². The van der Waals surface area contributed by atoms with Gasteiger partial charge in [0.25, 0.3) is 0 Å². The van der Waals surface area contributed by atoms with Gasteiger partial charge in [-0.15, -0.1) is 0 Å². The number of hydrogen-bond acceptors (Lipinski definition) is 5. The maximum Gasteiger partial charge on any atom is 0.363 e. The molecule has 14 heavy (non-hydrogen) atoms. The van der Waals surface area contributed by atoms with Gasteiger partial charge in [0.05, 0.1) is 13.2 Å². The van der Waals surface area contributed by atoms with Gasteiger partial charge in [-0.05, 0) is 13.8 Å². The first kappa shape index (κ1) is 14.4. The van der Waals surface area contributed by atoms with E-state index in [1.54, 1.807) is 13.8 Å². The molecule has 0 aromatic heterocycles. The standard InChI is InChI=1S/C6H14ClO5PS/c1-4-11-13(8,12-5-2)6(7)14(3,9)10/h6H,4-5H2,1-3H3. The van der Waals surface area contributed by atoms with E-state index in [1.807, 2.05) is 0 Å². The average Bonchev–Trinajstić information content (AvgIpc) is 2.02. The SMILES string of the molecule is CCOP(=O)(OCC)C(Cl)S(C)(=O)=O. The molecule has 0 aromatic rings. The van der Waals surface area contributed by atoms with Crippen LogP contribution >= 0.6 is 19.2 Å². The summed E-state index contributed by atoms with van der Waals surface area (Å²) in [6.45, 7) is 3.32. The molecule has 1 atom stereocenters. The van der Waals surface area contributed by atoms with Crippen molar-refractivity contribution in [3.63, 3.8) is 0 Å². The molecule has 0 aliphatic rings. The number of rotatable bonds is 6. The zero-order chi connectivity index (χ0) is 11.4. The Morgan fingerprint density at radius 3 is 1.86 bits per heavy atom. The van der Waals surface area contributed by atoms with Crippen LogP contribution in [0.25, 0.3) is 0 Å². The molecule has 0 amide bonds. The first-order valence-electron chi connectivity index (χ1n) is 3.99. The fraction of sp³-hybridized carbons (Fsp3) is 1.00. The second kappa shape index (κ2) is 5.47. The lowest BCUT2D eigenvalue weighted by Crippen LogP contribution is -2.17. The minimum absolute atomic E-state index is 0.0794. The van der Waals surface area contributed by atoms with Gasteiger partial charge in [-0.2, -0.15) is 0 Å². The van der Waals surface area contributed by atoms with Gasteiger partial charge < -0.3 is 9.05 Å². The summed E-state index contributed by atoms with van der Waals surface area (Å²) in [4.78, 5) is 0. The fourth-order valence-corrected chi connectivity index (χ4v) is 4.36. The van der Waals surface area contributed by atoms with Crippen LogP contribution < -0.4 is 0 Å². The van der Waals surface area contributed by atoms with Gasteiger partial charge in [0, 0.05) is 6.26 Å². The van der Waals surface area contributed by atoms with E-state index in [9.17, 15) is 13.0 Å². The predicted octanol–water partition coefficient (Wildman–Crippen LogP) is 1.82. The zero-order valence-electron chi connectivity index (χ0n) is 8.27. The van der Waals surface area contributed by atoms with Crippen molar-refractivity contribution in [2.24, 2.45) is 0 Å². The van der Waals surface area contributed by atoms with Gasteiger partial charge in [0.2, 0.25) is 4.45 Å². The summed E-state index contributed by atoms with van der Waals surface area (Å²) in [6, 6.07) is 0. The van der Waals surface area contributed by atoms with Crippen LogP contribution in [-0.2, 0) is 23.4 Å². The molecular weight excluding hydrogens is 251 g/mol. The number of hydrogen-bond donors (Lipinski definition) is 0. The van der Waals surface area contributed by atoms with Crippen LogP contribution in [0.3, 0.4) is 0 Å². The Hall–Kier alpha value is 0.390. The zero-order valence-corrected chi connectivity index (χ0v) is 10.7. The third-order valence-electron chi connectivity index (χ3n) is 1.22. The molecule has 0 radical (unpaired) electrons. The van der Waals surface area contributed by atoms with Crippen molar-refractivity contribution in [3.05, 3.63) is 0 Å². The number of alkyl halides is 1. The Bertz CT molecular complexity index is 304. The van der Waals surface area contributed by atoms with Crippen LogP contribution in [0.4, 0.5) is 0 Å². The summed E-state index contributed by atoms with van der Waals surface area (Å²) in [5, 5.41) is 0. The van der Waals surface area contributed by atoms with Gasteiger partial charge >= 0.3 is 7.60 Å². The largest absolute Gasteiger partial charge is 0.363 e. The third kappa shape index (κ3) is 3.87. The molecule has 0 bridgehead atoms. The van der Waals surface area contributed by atoms with E-state index in [4.69, 9.17) is 20.6 Å². The number of sulfone groups is 1. The van der Waals surface area contributed by atoms with Crippen molar-refractivity contribution in [3.8, 4) is 0 Å². The van der Waals surface area contributed by atoms with Crippen molar-refractivity contribution in [1.29, 1.82) is 0 Å². The van der Waals surface area contributed by atoms with Crippen molar-refractivity contribution < 1.29 is 22.0 Å². The Balaban J connectivity index is 4.92. The molecule has 0 aliphatic heterocycles. The third-order valence-corrected chi connectivity index (χ3v) is 7.27. The molecule has 0 heterocycles. The lowest BCUT2D eigenvalue weighted by molar-refractivity contribution is 0.222. The Morgan fingerprint density at radius 2 is 1.64 bits per heavy atom. The molecule has 0 spiro atoms. The van der Waals surface area contributed by atoms with Crippen molar-refractivity contribution in [1.82, 2.24) is 0 Å². The highest BCUT2D eigenvalue weighted by molar-refractivity contribution is 7.99. The molecule has 1 unspecified atom stereocenters. The van der Waals surface area contributed by atoms with Crippen LogP contribution in [0.2, 0.25) is 0 Å². The molecule has 0 aliphatic carbocycles. The first-order chi connectivity index (χ1) is 6.28. The predicted molar refractivity (Wildman–Crippen MR) is 55.3 cm³/mol. The average molecular weight is 265 g/mol. The van der Waals surface area contributed by atoms with E-state index in [1.165, 1.54) is 0 Å². The lowest BCUT2D eigenvalue weighted by Gasteiger charge is -2.20. The monoisotopic (exact) mass is 264 g/mol. The molecule has 8 heteroatoms. The second-order valence-corrected chi connectivity index (χ2v) is 8.09. The van der Waals surface area contributed by atoms with Crippen LogP contribution in [0.15, 0.2) is 0 Å². The normalized spacial score (nSPS) is 15.4. The Kier molecular flexibility index (Phi) is 5.62. The summed E-state index contributed by atoms with van der Waals surface area (Å²) in [6.07, 6.45) is 0.884. The fourth-order valence-electron chi connectivity index (χ4n) is 0.749. The molecule has 0 saturated carbocycles. The van der Waals surface area contributed by atoms with E-state index in [0.29, 0.717) is 0 Å². The van der Waals surface area contributed by atoms with E-state index in [-0.39, 0.29) is 13.2 Å². The van der Waals surface area contributed by atoms with Crippen LogP contribution in [0, 0.1) is 0 Å². The summed E-state index contributed by atoms with van der Waals surface area (Å²) < 4.78 is 41.8. The first-order valence-corrected chi connectivity index (χ1v) is 8.00. The second-order valence-electron chi connectivity index (χ2n) is 2.50. The van der Waals surface area contributed by atoms with Gasteiger partial charge in [0.15, 0.2) is 9.84 Å². The smallest absolute Gasteiger partial charge is 0.307 e. The molecule has 0 fully saturated rings. The van der Waals surface area contributed by atoms with E-state index in [0.717, 1.165) is 6.26 Å². The molecule has 0 saturated heterocycles. The molecule has 5 nitrogen and oxygen atoms in total. The van der Waals surface area contributed by atoms with E-state index in [2.05, 4.69) is 0 Å². The topological polar surface area (TPSA) is 69.7 Å². The summed E-state index contributed by atoms with van der Waals surface area (Å²) in [5.41, 5.74) is 0. The molecule has 0 aromatic carbocycles. The van der Waals surface area contributed by atoms with Crippen LogP contribution in [-0.4, -0.2) is 32.3 Å². The summed E-state index contributed by atoms with van der Waals surface area (Å²) in [5.74, 6) is 0. The maximum absolute atomic E-state index is 11.8. The van der Waals surface area contributed by atoms with Crippen molar-refractivity contribution >= 4 is 29.0 Å². The highest BCUT2D eigenvalue weighted by atomic mass is 35.5. The van der Waals surface area contributed by atoms with Crippen molar-refractivity contribution in [2.45, 2.75) is 18.3 Å². The summed E-state index contributed by atoms with van der Waals surface area (Å²) in [7, 11) is -7.41. The molecular formula is C6H14ClO5PS. The highest BCUT2D eigenvalue weighted by Crippen LogP contribution is 2.56. The minimum Gasteiger partial charge on any atom is -0.307 e. The number of halogens is 1. The molecule has 0 rings (SSSR count). The maximum atomic E-state index is 11.8. The van der Waals surface area contributed by atoms with Gasteiger partial charge in [0.1, 0.15) is 0 Å². The van der Waals surface area contributed by atoms with Gasteiger partial charge in [-0.1, -0.05) is 11.6 Å². The van der Waals surface area contributed by atoms with Gasteiger partial charge in [-0.25, -0.2) is 8.42 Å². The highest BCUT2D eigenvalue weighted by Gasteiger charge is 2.41.